The third-order valence-corrected chi connectivity index (χ3v) is 8.57. The normalized spacial score (nSPS) is 23.9. The van der Waals surface area contributed by atoms with Gasteiger partial charge in [0.05, 0.1) is 17.1 Å². The smallest absolute Gasteiger partial charge is 0.243 e. The number of nitrogens with zero attached hydrogens (tertiary/aromatic N) is 1. The van der Waals surface area contributed by atoms with E-state index in [0.29, 0.717) is 38.2 Å². The molecule has 0 aromatic heterocycles. The number of aliphatic hydroxyl groups excluding tert-OH is 1. The Labute approximate surface area is 155 Å². The van der Waals surface area contributed by atoms with Gasteiger partial charge in [-0.3, -0.25) is 4.79 Å². The number of hydrogen-bond donors (Lipinski definition) is 2. The lowest BCUT2D eigenvalue weighted by atomic mass is 9.81. The van der Waals surface area contributed by atoms with Crippen LogP contribution in [0.15, 0.2) is 5.16 Å². The Hall–Kier alpha value is -1.19. The van der Waals surface area contributed by atoms with Crippen molar-refractivity contribution in [3.8, 4) is 0 Å². The first-order chi connectivity index (χ1) is 11.9. The van der Waals surface area contributed by atoms with Crippen LogP contribution in [0.2, 0.25) is 0 Å². The molecule has 0 aromatic carbocycles. The minimum absolute atomic E-state index is 0.303. The predicted octanol–water partition coefficient (Wildman–Crippen LogP) is 0.984. The molecule has 2 aliphatic heterocycles. The Morgan fingerprint density at radius 1 is 1.27 bits per heavy atom. The summed E-state index contributed by atoms with van der Waals surface area (Å²) in [6.45, 7) is 8.95. The molecule has 2 heterocycles. The Morgan fingerprint density at radius 3 is 2.38 bits per heavy atom. The minimum atomic E-state index is -3.68. The van der Waals surface area contributed by atoms with Gasteiger partial charge in [-0.05, 0) is 33.6 Å². The van der Waals surface area contributed by atoms with Crippen LogP contribution >= 0.6 is 0 Å². The molecule has 26 heavy (non-hydrogen) atoms. The van der Waals surface area contributed by atoms with Crippen molar-refractivity contribution < 1.29 is 27.9 Å². The maximum Gasteiger partial charge on any atom is 0.243 e. The SMILES string of the molecule is C[C@H](O)C(C)(C)C1=NOC(NC(=O)C(C)(C)S(=O)(=O)C2CCOCC2)C1. The summed E-state index contributed by atoms with van der Waals surface area (Å²) in [5.41, 5.74) is 0.0336. The number of oxime groups is 1. The van der Waals surface area contributed by atoms with Gasteiger partial charge in [0.2, 0.25) is 12.1 Å². The van der Waals surface area contributed by atoms with Crippen LogP contribution in [0.4, 0.5) is 0 Å². The van der Waals surface area contributed by atoms with Crippen LogP contribution in [0.25, 0.3) is 0 Å². The largest absolute Gasteiger partial charge is 0.392 e. The highest BCUT2D eigenvalue weighted by Crippen LogP contribution is 2.31. The first-order valence-corrected chi connectivity index (χ1v) is 10.5. The lowest BCUT2D eigenvalue weighted by Crippen LogP contribution is -2.54. The number of amides is 1. The summed E-state index contributed by atoms with van der Waals surface area (Å²) in [5.74, 6) is -0.611. The molecule has 2 aliphatic rings. The van der Waals surface area contributed by atoms with E-state index in [1.807, 2.05) is 13.8 Å². The van der Waals surface area contributed by atoms with E-state index >= 15 is 0 Å². The molecule has 0 saturated carbocycles. The first-order valence-electron chi connectivity index (χ1n) is 8.94. The van der Waals surface area contributed by atoms with E-state index < -0.39 is 43.5 Å². The van der Waals surface area contributed by atoms with Crippen LogP contribution in [-0.4, -0.2) is 60.7 Å². The van der Waals surface area contributed by atoms with Crippen molar-refractivity contribution >= 4 is 21.5 Å². The van der Waals surface area contributed by atoms with E-state index in [0.717, 1.165) is 0 Å². The lowest BCUT2D eigenvalue weighted by Gasteiger charge is -2.31. The average Bonchev–Trinajstić information content (AvgIpc) is 3.04. The molecule has 1 saturated heterocycles. The summed E-state index contributed by atoms with van der Waals surface area (Å²) in [6, 6.07) is 0. The third-order valence-electron chi connectivity index (χ3n) is 5.61. The number of carbonyl (C=O) groups excluding carboxylic acids is 1. The van der Waals surface area contributed by atoms with Crippen LogP contribution in [0.5, 0.6) is 0 Å². The van der Waals surface area contributed by atoms with Crippen molar-refractivity contribution in [1.82, 2.24) is 5.32 Å². The highest BCUT2D eigenvalue weighted by Gasteiger charge is 2.48. The molecule has 0 radical (unpaired) electrons. The molecule has 2 N–H and O–H groups in total. The summed E-state index contributed by atoms with van der Waals surface area (Å²) < 4.78 is 29.5. The molecule has 2 atom stereocenters. The summed E-state index contributed by atoms with van der Waals surface area (Å²) in [6.07, 6.45) is -0.273. The van der Waals surface area contributed by atoms with Crippen molar-refractivity contribution in [3.05, 3.63) is 0 Å². The van der Waals surface area contributed by atoms with Gasteiger partial charge in [0.25, 0.3) is 0 Å². The molecule has 0 spiro atoms. The second-order valence-electron chi connectivity index (χ2n) is 8.07. The number of sulfone groups is 1. The van der Waals surface area contributed by atoms with Crippen molar-refractivity contribution in [2.45, 2.75) is 76.2 Å². The third kappa shape index (κ3) is 3.89. The number of nitrogens with one attached hydrogen (secondary N) is 1. The van der Waals surface area contributed by atoms with Gasteiger partial charge < -0.3 is 20.0 Å². The van der Waals surface area contributed by atoms with Gasteiger partial charge in [0.15, 0.2) is 9.84 Å². The number of rotatable bonds is 6. The van der Waals surface area contributed by atoms with Crippen LogP contribution in [0.3, 0.4) is 0 Å². The van der Waals surface area contributed by atoms with Crippen LogP contribution in [0, 0.1) is 5.41 Å². The van der Waals surface area contributed by atoms with E-state index in [4.69, 9.17) is 9.57 Å². The predicted molar refractivity (Wildman–Crippen MR) is 97.4 cm³/mol. The zero-order valence-electron chi connectivity index (χ0n) is 16.1. The monoisotopic (exact) mass is 390 g/mol. The standard InChI is InChI=1S/C17H30N2O6S/c1-11(20)16(2,3)13-10-14(25-19-13)18-15(21)17(4,5)26(22,23)12-6-8-24-9-7-12/h11-12,14,20H,6-10H2,1-5H3,(H,18,21)/t11-,14?/m0/s1. The molecule has 2 rings (SSSR count). The molecule has 9 heteroatoms. The second kappa shape index (κ2) is 7.44. The number of hydrogen-bond acceptors (Lipinski definition) is 7. The molecule has 0 aromatic rings. The number of carbonyl (C=O) groups is 1. The van der Waals surface area contributed by atoms with Crippen LogP contribution in [0.1, 0.15) is 53.9 Å². The average molecular weight is 391 g/mol. The van der Waals surface area contributed by atoms with Gasteiger partial charge in [0.1, 0.15) is 4.75 Å². The van der Waals surface area contributed by atoms with E-state index in [9.17, 15) is 18.3 Å². The van der Waals surface area contributed by atoms with Gasteiger partial charge in [-0.25, -0.2) is 8.42 Å². The summed E-state index contributed by atoms with van der Waals surface area (Å²) in [5, 5.41) is 15.9. The molecule has 1 fully saturated rings. The van der Waals surface area contributed by atoms with Gasteiger partial charge in [0, 0.05) is 25.0 Å². The van der Waals surface area contributed by atoms with E-state index in [2.05, 4.69) is 10.5 Å². The maximum atomic E-state index is 12.9. The summed E-state index contributed by atoms with van der Waals surface area (Å²) in [4.78, 5) is 18.0. The second-order valence-corrected chi connectivity index (χ2v) is 10.9. The highest BCUT2D eigenvalue weighted by molar-refractivity contribution is 7.94. The number of ether oxygens (including phenoxy) is 1. The maximum absolute atomic E-state index is 12.9. The van der Waals surface area contributed by atoms with Crippen LogP contribution in [-0.2, 0) is 24.2 Å². The molecular weight excluding hydrogens is 360 g/mol. The highest BCUT2D eigenvalue weighted by atomic mass is 32.2. The molecule has 150 valence electrons. The molecule has 0 bridgehead atoms. The first kappa shape index (κ1) is 21.1. The van der Waals surface area contributed by atoms with Crippen molar-refractivity contribution in [3.63, 3.8) is 0 Å². The zero-order chi connectivity index (χ0) is 19.8. The zero-order valence-corrected chi connectivity index (χ0v) is 16.9. The molecular formula is C17H30N2O6S. The fourth-order valence-corrected chi connectivity index (χ4v) is 4.89. The number of aliphatic hydroxyl groups is 1. The molecule has 8 nitrogen and oxygen atoms in total. The van der Waals surface area contributed by atoms with Crippen molar-refractivity contribution in [1.29, 1.82) is 0 Å². The Morgan fingerprint density at radius 2 is 1.85 bits per heavy atom. The summed E-state index contributed by atoms with van der Waals surface area (Å²) >= 11 is 0. The van der Waals surface area contributed by atoms with Gasteiger partial charge in [-0.1, -0.05) is 19.0 Å². The quantitative estimate of drug-likeness (QED) is 0.699. The summed E-state index contributed by atoms with van der Waals surface area (Å²) in [7, 11) is -3.68. The fourth-order valence-electron chi connectivity index (χ4n) is 2.93. The Kier molecular flexibility index (Phi) is 6.04. The minimum Gasteiger partial charge on any atom is -0.392 e. The van der Waals surface area contributed by atoms with Gasteiger partial charge in [-0.2, -0.15) is 0 Å². The van der Waals surface area contributed by atoms with Gasteiger partial charge >= 0.3 is 0 Å². The van der Waals surface area contributed by atoms with E-state index in [1.165, 1.54) is 13.8 Å². The topological polar surface area (TPSA) is 114 Å². The Balaban J connectivity index is 2.03. The Bertz CT molecular complexity index is 663. The van der Waals surface area contributed by atoms with Gasteiger partial charge in [-0.15, -0.1) is 0 Å². The van der Waals surface area contributed by atoms with Crippen molar-refractivity contribution in [2.24, 2.45) is 10.6 Å². The lowest BCUT2D eigenvalue weighted by molar-refractivity contribution is -0.126. The molecule has 1 amide bonds. The fraction of sp³-hybridized carbons (Fsp3) is 0.882. The molecule has 1 unspecified atom stereocenters. The van der Waals surface area contributed by atoms with Crippen molar-refractivity contribution in [2.75, 3.05) is 13.2 Å². The molecule has 0 aliphatic carbocycles. The van der Waals surface area contributed by atoms with E-state index in [1.54, 1.807) is 6.92 Å². The van der Waals surface area contributed by atoms with E-state index in [-0.39, 0.29) is 0 Å². The van der Waals surface area contributed by atoms with Crippen LogP contribution < -0.4 is 5.32 Å².